The Morgan fingerprint density at radius 1 is 0.364 bits per heavy atom. The molecule has 1 aliphatic carbocycles. The van der Waals surface area contributed by atoms with Gasteiger partial charge in [-0.25, -0.2) is 10.0 Å². The van der Waals surface area contributed by atoms with E-state index in [-0.39, 0.29) is 52.4 Å². The van der Waals surface area contributed by atoms with Crippen LogP contribution < -0.4 is 10.8 Å². The van der Waals surface area contributed by atoms with Crippen LogP contribution in [0.4, 0.5) is 17.1 Å². The Kier molecular flexibility index (Phi) is 46.7. The summed E-state index contributed by atoms with van der Waals surface area (Å²) >= 11 is 0. The predicted molar refractivity (Wildman–Crippen MR) is 425 cm³/mol. The number of hydrazine groups is 1. The number of nitrogens with zero attached hydrogens (tertiary/aromatic N) is 5. The fourth-order valence-corrected chi connectivity index (χ4v) is 8.87. The zero-order valence-corrected chi connectivity index (χ0v) is 66.0. The van der Waals surface area contributed by atoms with E-state index in [1.807, 2.05) is 281 Å². The molecular formula is C91H107N6Zr2-5. The van der Waals surface area contributed by atoms with Crippen molar-refractivity contribution in [3.05, 3.63) is 441 Å². The van der Waals surface area contributed by atoms with Gasteiger partial charge >= 0.3 is 26.2 Å². The van der Waals surface area contributed by atoms with Gasteiger partial charge in [0.05, 0.1) is 16.7 Å². The molecule has 0 amide bonds. The summed E-state index contributed by atoms with van der Waals surface area (Å²) in [5.74, 6) is 1.75. The van der Waals surface area contributed by atoms with Crippen LogP contribution >= 0.6 is 0 Å². The number of allylic oxidation sites excluding steroid dienone is 4. The molecule has 6 nitrogen and oxygen atoms in total. The minimum atomic E-state index is 0. The van der Waals surface area contributed by atoms with Crippen molar-refractivity contribution in [3.8, 4) is 0 Å². The van der Waals surface area contributed by atoms with Crippen molar-refractivity contribution in [2.24, 2.45) is 4.99 Å². The first-order valence-electron chi connectivity index (χ1n) is 33.2. The molecule has 8 heteroatoms. The Labute approximate surface area is 638 Å². The van der Waals surface area contributed by atoms with E-state index in [4.69, 9.17) is 10.3 Å². The van der Waals surface area contributed by atoms with E-state index in [0.29, 0.717) is 23.7 Å². The molecule has 99 heavy (non-hydrogen) atoms. The number of hydrogen-bond donors (Lipinski definition) is 1. The summed E-state index contributed by atoms with van der Waals surface area (Å²) in [4.78, 5) is 5.09. The predicted octanol–water partition coefficient (Wildman–Crippen LogP) is 24.6. The number of benzene rings is 9. The van der Waals surface area contributed by atoms with E-state index in [0.717, 1.165) is 79.2 Å². The Bertz CT molecular complexity index is 3390. The Morgan fingerprint density at radius 2 is 0.646 bits per heavy atom. The second-order valence-electron chi connectivity index (χ2n) is 24.3. The van der Waals surface area contributed by atoms with Crippen LogP contribution in [0.2, 0.25) is 0 Å². The summed E-state index contributed by atoms with van der Waals surface area (Å²) in [7, 11) is 7.85. The third kappa shape index (κ3) is 39.5. The molecule has 0 fully saturated rings. The molecule has 11 rings (SSSR count). The van der Waals surface area contributed by atoms with Crippen molar-refractivity contribution in [2.75, 3.05) is 33.6 Å². The van der Waals surface area contributed by atoms with E-state index < -0.39 is 0 Å². The molecule has 0 aliphatic heterocycles. The summed E-state index contributed by atoms with van der Waals surface area (Å²) in [5.41, 5.74) is 25.8. The van der Waals surface area contributed by atoms with Crippen molar-refractivity contribution >= 4 is 17.1 Å². The molecule has 0 atom stereocenters. The second-order valence-corrected chi connectivity index (χ2v) is 24.3. The average Bonchev–Trinajstić information content (AvgIpc) is 1.47. The molecule has 0 unspecified atom stereocenters. The van der Waals surface area contributed by atoms with Crippen LogP contribution in [0.1, 0.15) is 147 Å². The van der Waals surface area contributed by atoms with Crippen LogP contribution in [0.15, 0.2) is 320 Å². The van der Waals surface area contributed by atoms with Crippen molar-refractivity contribution < 1.29 is 52.4 Å². The maximum atomic E-state index is 5.11. The molecule has 0 aromatic heterocycles. The van der Waals surface area contributed by atoms with Crippen LogP contribution in [0.5, 0.6) is 0 Å². The molecule has 0 spiro atoms. The molecule has 0 heterocycles. The Morgan fingerprint density at radius 3 is 0.909 bits per heavy atom. The van der Waals surface area contributed by atoms with Gasteiger partial charge in [0.1, 0.15) is 0 Å². The standard InChI is InChI=1S/2C21H29N3.7C7H7.2Zr/c2*1-15(2)17-11-10-12-18(16(3)4)21(17)22-19-13-8-7-9-14-20(19)23-24(5)6;7*1-7-5-3-2-4-6-7;;/h7-12,14-16H,13H2,1-6H3;7-16H,1-6H3,(H,22,23);7*2-6H,1H2;;/q-2;;7*-1;;+4. The van der Waals surface area contributed by atoms with Gasteiger partial charge in [0.15, 0.2) is 0 Å². The van der Waals surface area contributed by atoms with Crippen molar-refractivity contribution in [1.82, 2.24) is 10.0 Å². The van der Waals surface area contributed by atoms with Crippen molar-refractivity contribution in [1.29, 1.82) is 0 Å². The summed E-state index contributed by atoms with van der Waals surface area (Å²) in [6.45, 7) is 43.9. The fraction of sp³-hybridized carbons (Fsp3) is 0.187. The average molecular weight is 1470 g/mol. The minimum absolute atomic E-state index is 0. The van der Waals surface area contributed by atoms with Gasteiger partial charge in [-0.2, -0.15) is 178 Å². The molecule has 1 aliphatic rings. The number of hydrogen-bond acceptors (Lipinski definition) is 4. The monoisotopic (exact) mass is 1460 g/mol. The van der Waals surface area contributed by atoms with Crippen molar-refractivity contribution in [3.63, 3.8) is 0 Å². The Hall–Kier alpha value is -8.73. The third-order valence-corrected chi connectivity index (χ3v) is 13.8. The maximum absolute atomic E-state index is 5.11. The molecule has 514 valence electrons. The first-order valence-corrected chi connectivity index (χ1v) is 33.2. The van der Waals surface area contributed by atoms with Crippen LogP contribution in [-0.4, -0.2) is 38.2 Å². The largest absolute Gasteiger partial charge is 4.00 e. The van der Waals surface area contributed by atoms with Gasteiger partial charge in [0.2, 0.25) is 0 Å². The molecule has 10 aromatic carbocycles. The fourth-order valence-electron chi connectivity index (χ4n) is 8.87. The normalized spacial score (nSPS) is 10.8. The molecule has 1 N–H and O–H groups in total. The summed E-state index contributed by atoms with van der Waals surface area (Å²) in [6.07, 6.45) is 9.06. The molecular weight excluding hydrogens is 1360 g/mol. The number of nitrogens with one attached hydrogen (secondary N) is 1. The van der Waals surface area contributed by atoms with E-state index >= 15 is 0 Å². The molecule has 0 saturated carbocycles. The van der Waals surface area contributed by atoms with Crippen LogP contribution in [0.3, 0.4) is 0 Å². The van der Waals surface area contributed by atoms with Gasteiger partial charge in [-0.3, -0.25) is 0 Å². The van der Waals surface area contributed by atoms with Gasteiger partial charge in [0.25, 0.3) is 0 Å². The SMILES string of the molecule is CC(C)c1cccc(C(C)C)c1N=c1cccccc1NN(C)C.CC(C)c1cccc(C(C)C)c1[N-]C1=C([N-]N(C)C)C=CC=CC1.[CH2-]c1ccccc1.[CH2-]c1ccccc1.[CH2-]c1ccccc1.[CH2-]c1ccccc1.[CH2-]c1ccccc1.[CH2-]c1ccccc1.[CH2-]c1ccccc1.[Zr+4].[Zr]. The van der Waals surface area contributed by atoms with Crippen LogP contribution in [-0.2, 0) is 52.4 Å². The quantitative estimate of drug-likeness (QED) is 0.104. The van der Waals surface area contributed by atoms with Gasteiger partial charge in [-0.05, 0) is 67.4 Å². The minimum Gasteiger partial charge on any atom is -0.662 e. The summed E-state index contributed by atoms with van der Waals surface area (Å²) in [5, 5.41) is 9.83. The number of anilines is 1. The zero-order chi connectivity index (χ0) is 71.2. The third-order valence-electron chi connectivity index (χ3n) is 13.8. The first kappa shape index (κ1) is 88.3. The molecule has 10 aromatic rings. The van der Waals surface area contributed by atoms with Gasteiger partial charge in [0, 0.05) is 40.3 Å². The summed E-state index contributed by atoms with van der Waals surface area (Å²) < 4.78 is 0. The van der Waals surface area contributed by atoms with E-state index in [1.54, 1.807) is 0 Å². The molecule has 0 radical (unpaired) electrons. The number of para-hydroxylation sites is 2. The number of rotatable bonds is 11. The van der Waals surface area contributed by atoms with E-state index in [9.17, 15) is 0 Å². The smallest absolute Gasteiger partial charge is 0.662 e. The second kappa shape index (κ2) is 52.3. The maximum Gasteiger partial charge on any atom is 4.00 e. The summed E-state index contributed by atoms with van der Waals surface area (Å²) in [6, 6.07) is 92.4. The van der Waals surface area contributed by atoms with Gasteiger partial charge in [-0.15, -0.1) is 96.3 Å². The van der Waals surface area contributed by atoms with Gasteiger partial charge < -0.3 is 21.2 Å². The zero-order valence-electron chi connectivity index (χ0n) is 61.1. The molecule has 0 bridgehead atoms. The first-order chi connectivity index (χ1) is 46.6. The van der Waals surface area contributed by atoms with Crippen LogP contribution in [0, 0.1) is 48.5 Å². The van der Waals surface area contributed by atoms with Gasteiger partial charge in [-0.1, -0.05) is 188 Å². The Balaban J connectivity index is 0.000000594. The van der Waals surface area contributed by atoms with E-state index in [1.165, 1.54) is 22.3 Å². The van der Waals surface area contributed by atoms with E-state index in [2.05, 4.69) is 175 Å². The van der Waals surface area contributed by atoms with Crippen molar-refractivity contribution in [2.45, 2.75) is 85.5 Å². The van der Waals surface area contributed by atoms with Crippen LogP contribution in [0.25, 0.3) is 10.7 Å². The molecule has 0 saturated heterocycles. The topological polar surface area (TPSA) is 59.1 Å².